The van der Waals surface area contributed by atoms with Gasteiger partial charge in [-0.05, 0) is 103 Å². The van der Waals surface area contributed by atoms with Crippen molar-refractivity contribution in [1.29, 1.82) is 0 Å². The van der Waals surface area contributed by atoms with Crippen LogP contribution in [0.25, 0.3) is 21.5 Å². The molecule has 0 aliphatic carbocycles. The van der Waals surface area contributed by atoms with E-state index in [1.54, 1.807) is 92.7 Å². The third kappa shape index (κ3) is 14.4. The summed E-state index contributed by atoms with van der Waals surface area (Å²) in [4.78, 5) is 84.6. The number of hydrogen-bond acceptors (Lipinski definition) is 18. The number of carboxylic acid groups (broad SMARTS) is 2. The SMILES string of the molecule is Cc1cc(COC(=O)SCCC(=O)O)ccc1Oc1cc(C(N)=O)c(O)c2ccccc12.Cc1ccccc1NC(=O)c1cc(Oc2ccc([N+](=O)[O-])cc2CN(C(=O)Sc2nnnn2CC(=O)O)C(C)C)c2ccccc2c1O. The Labute approximate surface area is 463 Å². The first kappa shape index (κ1) is 57.9. The minimum Gasteiger partial charge on any atom is -0.506 e. The lowest BCUT2D eigenvalue weighted by Crippen LogP contribution is -2.34. The first-order chi connectivity index (χ1) is 38.2. The summed E-state index contributed by atoms with van der Waals surface area (Å²) in [5.74, 6) is -2.62. The molecule has 0 saturated heterocycles. The Hall–Kier alpha value is -9.75. The summed E-state index contributed by atoms with van der Waals surface area (Å²) in [5.41, 5.74) is 8.17. The zero-order chi connectivity index (χ0) is 57.8. The molecule has 1 heterocycles. The fourth-order valence-electron chi connectivity index (χ4n) is 7.82. The van der Waals surface area contributed by atoms with Gasteiger partial charge in [0.25, 0.3) is 22.7 Å². The summed E-state index contributed by atoms with van der Waals surface area (Å²) < 4.78 is 18.5. The van der Waals surface area contributed by atoms with Crippen molar-refractivity contribution in [2.24, 2.45) is 5.73 Å². The summed E-state index contributed by atoms with van der Waals surface area (Å²) in [5, 5.41) is 65.3. The molecule has 0 aliphatic rings. The number of carboxylic acids is 2. The molecule has 80 heavy (non-hydrogen) atoms. The Bertz CT molecular complexity index is 3700. The molecule has 1 aromatic heterocycles. The van der Waals surface area contributed by atoms with Gasteiger partial charge in [-0.2, -0.15) is 0 Å². The summed E-state index contributed by atoms with van der Waals surface area (Å²) in [6.07, 6.45) is -0.117. The van der Waals surface area contributed by atoms with E-state index in [1.807, 2.05) is 26.0 Å². The molecular formula is C55H50N8O15S2. The fourth-order valence-corrected chi connectivity index (χ4v) is 9.24. The van der Waals surface area contributed by atoms with Crippen LogP contribution in [-0.4, -0.2) is 96.5 Å². The van der Waals surface area contributed by atoms with Crippen LogP contribution in [-0.2, 0) is 34.0 Å². The van der Waals surface area contributed by atoms with Crippen molar-refractivity contribution in [2.75, 3.05) is 11.1 Å². The van der Waals surface area contributed by atoms with E-state index < -0.39 is 51.8 Å². The number of amides is 3. The highest BCUT2D eigenvalue weighted by atomic mass is 32.2. The Morgan fingerprint density at radius 3 is 1.95 bits per heavy atom. The van der Waals surface area contributed by atoms with Crippen molar-refractivity contribution in [3.05, 3.63) is 165 Å². The summed E-state index contributed by atoms with van der Waals surface area (Å²) in [6, 6.07) is 32.4. The number of carbonyl (C=O) groups is 6. The number of ether oxygens (including phenoxy) is 3. The molecule has 0 bridgehead atoms. The Morgan fingerprint density at radius 1 is 0.750 bits per heavy atom. The van der Waals surface area contributed by atoms with E-state index in [0.29, 0.717) is 50.5 Å². The van der Waals surface area contributed by atoms with Gasteiger partial charge in [-0.3, -0.25) is 34.1 Å². The van der Waals surface area contributed by atoms with E-state index in [-0.39, 0.29) is 75.9 Å². The lowest BCUT2D eigenvalue weighted by atomic mass is 10.0. The number of aryl methyl sites for hydroxylation is 2. The number of nitrogens with two attached hydrogens (primary N) is 1. The number of nitro groups is 1. The normalized spacial score (nSPS) is 10.9. The second kappa shape index (κ2) is 26.1. The van der Waals surface area contributed by atoms with E-state index in [9.17, 15) is 49.1 Å². The number of thioether (sulfide) groups is 2. The number of aromatic nitrogens is 4. The van der Waals surface area contributed by atoms with Crippen LogP contribution in [0.4, 0.5) is 21.0 Å². The molecule has 25 heteroatoms. The number of fused-ring (bicyclic) bond motifs is 2. The van der Waals surface area contributed by atoms with Crippen LogP contribution in [0.1, 0.15) is 63.2 Å². The number of hydrogen-bond donors (Lipinski definition) is 6. The number of carbonyl (C=O) groups excluding carboxylic acids is 4. The van der Waals surface area contributed by atoms with Crippen molar-refractivity contribution in [3.63, 3.8) is 0 Å². The number of benzene rings is 7. The number of nitro benzene ring substituents is 1. The van der Waals surface area contributed by atoms with Gasteiger partial charge >= 0.3 is 17.2 Å². The number of nitrogens with zero attached hydrogens (tertiary/aromatic N) is 6. The first-order valence-electron chi connectivity index (χ1n) is 24.1. The van der Waals surface area contributed by atoms with Crippen molar-refractivity contribution in [2.45, 2.75) is 65.0 Å². The van der Waals surface area contributed by atoms with Gasteiger partial charge in [0.2, 0.25) is 5.16 Å². The largest absolute Gasteiger partial charge is 0.506 e. The van der Waals surface area contributed by atoms with Gasteiger partial charge in [-0.25, -0.2) is 9.48 Å². The van der Waals surface area contributed by atoms with Crippen LogP contribution in [0.5, 0.6) is 34.5 Å². The molecule has 0 spiro atoms. The minimum atomic E-state index is -1.20. The summed E-state index contributed by atoms with van der Waals surface area (Å²) in [6.45, 7) is 6.46. The number of tetrazole rings is 1. The van der Waals surface area contributed by atoms with E-state index in [0.717, 1.165) is 33.1 Å². The predicted octanol–water partition coefficient (Wildman–Crippen LogP) is 10.6. The van der Waals surface area contributed by atoms with Crippen LogP contribution in [0, 0.1) is 24.0 Å². The van der Waals surface area contributed by atoms with Crippen LogP contribution < -0.4 is 20.5 Å². The fraction of sp³-hybridized carbons (Fsp3) is 0.182. The zero-order valence-corrected chi connectivity index (χ0v) is 44.6. The van der Waals surface area contributed by atoms with E-state index in [4.69, 9.17) is 30.2 Å². The number of para-hydroxylation sites is 1. The summed E-state index contributed by atoms with van der Waals surface area (Å²) in [7, 11) is 0. The third-order valence-corrected chi connectivity index (χ3v) is 13.5. The van der Waals surface area contributed by atoms with E-state index in [2.05, 4.69) is 20.8 Å². The standard InChI is InChI=1S/C32H29N7O8S.C23H21NO7S/c1-18(2)37(32(44)48-31-34-35-36-38(31)17-28(40)41)16-20-14-21(39(45)46)12-13-26(20)47-27-15-24(29(42)23-10-6-5-9-22(23)27)30(43)33-25-11-7-4-8-19(25)3;1-13-10-14(12-30-23(29)32-9-8-20(25)26)6-7-18(13)31-19-11-17(22(24)28)21(27)16-5-3-2-4-15(16)19/h4-15,18,42H,16-17H2,1-3H3,(H,33,43)(H,40,41);2-7,10-11,27H,8-9,12H2,1H3,(H2,24,28)(H,25,26). The molecule has 3 amide bonds. The van der Waals surface area contributed by atoms with Crippen LogP contribution in [0.15, 0.2) is 126 Å². The molecule has 0 aliphatic heterocycles. The molecule has 8 aromatic rings. The molecule has 0 unspecified atom stereocenters. The van der Waals surface area contributed by atoms with Crippen LogP contribution >= 0.6 is 23.5 Å². The maximum atomic E-state index is 13.5. The number of aromatic hydroxyl groups is 2. The van der Waals surface area contributed by atoms with Gasteiger partial charge in [-0.15, -0.1) is 5.10 Å². The number of nitrogens with one attached hydrogen (secondary N) is 1. The second-order valence-electron chi connectivity index (χ2n) is 17.8. The van der Waals surface area contributed by atoms with E-state index in [1.165, 1.54) is 35.2 Å². The highest BCUT2D eigenvalue weighted by molar-refractivity contribution is 8.13. The molecule has 0 fully saturated rings. The number of phenols is 2. The molecule has 7 N–H and O–H groups in total. The molecule has 0 saturated carbocycles. The molecule has 0 radical (unpaired) electrons. The molecule has 7 aromatic carbocycles. The van der Waals surface area contributed by atoms with Gasteiger partial charge in [-0.1, -0.05) is 72.8 Å². The highest BCUT2D eigenvalue weighted by Crippen LogP contribution is 2.42. The number of anilines is 1. The monoisotopic (exact) mass is 1130 g/mol. The Balaban J connectivity index is 0.000000251. The van der Waals surface area contributed by atoms with Gasteiger partial charge in [0, 0.05) is 68.5 Å². The number of non-ortho nitro benzene ring substituents is 1. The topological polar surface area (TPSA) is 339 Å². The molecule has 412 valence electrons. The first-order valence-corrected chi connectivity index (χ1v) is 25.9. The maximum absolute atomic E-state index is 13.5. The van der Waals surface area contributed by atoms with Crippen molar-refractivity contribution in [3.8, 4) is 34.5 Å². The highest BCUT2D eigenvalue weighted by Gasteiger charge is 2.27. The van der Waals surface area contributed by atoms with Crippen molar-refractivity contribution in [1.82, 2.24) is 25.1 Å². The average molecular weight is 1130 g/mol. The van der Waals surface area contributed by atoms with Crippen LogP contribution in [0.3, 0.4) is 0 Å². The van der Waals surface area contributed by atoms with Gasteiger partial charge in [0.05, 0.1) is 29.0 Å². The molecule has 23 nitrogen and oxygen atoms in total. The number of phenolic OH excluding ortho intramolecular Hbond substituents is 1. The third-order valence-electron chi connectivity index (χ3n) is 11.8. The zero-order valence-electron chi connectivity index (χ0n) is 43.0. The average Bonchev–Trinajstić information content (AvgIpc) is 3.85. The Morgan fingerprint density at radius 2 is 1.35 bits per heavy atom. The minimum absolute atomic E-state index is 0.0357. The quantitative estimate of drug-likeness (QED) is 0.0190. The molecular weight excluding hydrogens is 1080 g/mol. The lowest BCUT2D eigenvalue weighted by molar-refractivity contribution is -0.385. The number of primary amides is 1. The van der Waals surface area contributed by atoms with Crippen LogP contribution in [0.2, 0.25) is 0 Å². The van der Waals surface area contributed by atoms with Gasteiger partial charge in [0.1, 0.15) is 47.6 Å². The Kier molecular flexibility index (Phi) is 18.9. The molecule has 8 rings (SSSR count). The van der Waals surface area contributed by atoms with E-state index >= 15 is 0 Å². The van der Waals surface area contributed by atoms with Crippen molar-refractivity contribution >= 4 is 90.7 Å². The lowest BCUT2D eigenvalue weighted by Gasteiger charge is -2.27. The van der Waals surface area contributed by atoms with Gasteiger partial charge < -0.3 is 50.6 Å². The van der Waals surface area contributed by atoms with Crippen molar-refractivity contribution < 1.29 is 68.3 Å². The smallest absolute Gasteiger partial charge is 0.367 e. The van der Waals surface area contributed by atoms with Gasteiger partial charge in [0.15, 0.2) is 0 Å². The maximum Gasteiger partial charge on any atom is 0.367 e. The number of rotatable bonds is 19. The summed E-state index contributed by atoms with van der Waals surface area (Å²) >= 11 is 1.42. The predicted molar refractivity (Wildman–Crippen MR) is 296 cm³/mol. The second-order valence-corrected chi connectivity index (χ2v) is 19.7. The number of aliphatic carboxylic acids is 2. The molecule has 0 atom stereocenters.